The van der Waals surface area contributed by atoms with E-state index in [1.807, 2.05) is 45.3 Å². The zero-order chi connectivity index (χ0) is 17.2. The van der Waals surface area contributed by atoms with Crippen LogP contribution in [0.3, 0.4) is 0 Å². The van der Waals surface area contributed by atoms with Crippen LogP contribution >= 0.6 is 0 Å². The molecule has 1 aromatic carbocycles. The second kappa shape index (κ2) is 6.54. The molecule has 0 bridgehead atoms. The number of fused-ring (bicyclic) bond motifs is 1. The van der Waals surface area contributed by atoms with Gasteiger partial charge in [-0.1, -0.05) is 12.1 Å². The van der Waals surface area contributed by atoms with E-state index in [1.165, 1.54) is 0 Å². The number of hydrogen-bond acceptors (Lipinski definition) is 4. The molecule has 0 spiro atoms. The summed E-state index contributed by atoms with van der Waals surface area (Å²) in [4.78, 5) is 18.9. The van der Waals surface area contributed by atoms with Crippen molar-refractivity contribution in [2.24, 2.45) is 7.05 Å². The molecule has 1 N–H and O–H groups in total. The quantitative estimate of drug-likeness (QED) is 0.788. The Morgan fingerprint density at radius 1 is 1.20 bits per heavy atom. The minimum Gasteiger partial charge on any atom is -0.331 e. The second-order valence-electron chi connectivity index (χ2n) is 6.36. The SMILES string of the molecule is Cn1c(CNC(=O)N2CCC(n3cnnc3)CC2)nc2ccccc21. The number of urea groups is 1. The van der Waals surface area contributed by atoms with Crippen molar-refractivity contribution in [2.75, 3.05) is 13.1 Å². The number of imidazole rings is 1. The van der Waals surface area contributed by atoms with Gasteiger partial charge in [0, 0.05) is 26.2 Å². The fourth-order valence-corrected chi connectivity index (χ4v) is 3.38. The highest BCUT2D eigenvalue weighted by atomic mass is 16.2. The lowest BCUT2D eigenvalue weighted by Crippen LogP contribution is -2.44. The smallest absolute Gasteiger partial charge is 0.317 e. The predicted molar refractivity (Wildman–Crippen MR) is 92.8 cm³/mol. The van der Waals surface area contributed by atoms with Crippen molar-refractivity contribution >= 4 is 17.1 Å². The van der Waals surface area contributed by atoms with E-state index in [2.05, 4.69) is 20.5 Å². The maximum absolute atomic E-state index is 12.4. The van der Waals surface area contributed by atoms with Gasteiger partial charge >= 0.3 is 6.03 Å². The average Bonchev–Trinajstić information content (AvgIpc) is 3.29. The number of carbonyl (C=O) groups is 1. The number of carbonyl (C=O) groups excluding carboxylic acids is 1. The zero-order valence-electron chi connectivity index (χ0n) is 14.2. The third-order valence-corrected chi connectivity index (χ3v) is 4.89. The van der Waals surface area contributed by atoms with Gasteiger partial charge in [-0.2, -0.15) is 0 Å². The molecular weight excluding hydrogens is 318 g/mol. The van der Waals surface area contributed by atoms with Gasteiger partial charge in [-0.25, -0.2) is 9.78 Å². The first-order chi connectivity index (χ1) is 12.2. The molecule has 0 saturated carbocycles. The van der Waals surface area contributed by atoms with Crippen molar-refractivity contribution in [2.45, 2.75) is 25.4 Å². The summed E-state index contributed by atoms with van der Waals surface area (Å²) in [6.07, 6.45) is 5.31. The normalized spacial score (nSPS) is 15.6. The highest BCUT2D eigenvalue weighted by Gasteiger charge is 2.23. The molecular formula is C17H21N7O. The Morgan fingerprint density at radius 2 is 1.92 bits per heavy atom. The fraction of sp³-hybridized carbons (Fsp3) is 0.412. The Labute approximate surface area is 145 Å². The van der Waals surface area contributed by atoms with E-state index in [0.29, 0.717) is 12.6 Å². The lowest BCUT2D eigenvalue weighted by molar-refractivity contribution is 0.171. The standard InChI is InChI=1S/C17H21N7O/c1-22-15-5-3-2-4-14(15)21-16(22)10-18-17(25)23-8-6-13(7-9-23)24-11-19-20-12-24/h2-5,11-13H,6-10H2,1H3,(H,18,25). The number of benzene rings is 1. The Morgan fingerprint density at radius 3 is 2.64 bits per heavy atom. The first-order valence-electron chi connectivity index (χ1n) is 8.49. The van der Waals surface area contributed by atoms with Gasteiger partial charge in [0.15, 0.2) is 0 Å². The summed E-state index contributed by atoms with van der Waals surface area (Å²) in [5, 5.41) is 10.7. The van der Waals surface area contributed by atoms with Crippen molar-refractivity contribution in [3.8, 4) is 0 Å². The molecule has 3 heterocycles. The zero-order valence-corrected chi connectivity index (χ0v) is 14.2. The van der Waals surface area contributed by atoms with E-state index in [-0.39, 0.29) is 6.03 Å². The van der Waals surface area contributed by atoms with Gasteiger partial charge < -0.3 is 19.4 Å². The van der Waals surface area contributed by atoms with E-state index in [9.17, 15) is 4.79 Å². The summed E-state index contributed by atoms with van der Waals surface area (Å²) in [7, 11) is 1.97. The molecule has 0 radical (unpaired) electrons. The van der Waals surface area contributed by atoms with E-state index in [4.69, 9.17) is 0 Å². The minimum absolute atomic E-state index is 0.0331. The molecule has 0 aliphatic carbocycles. The van der Waals surface area contributed by atoms with Crippen LogP contribution in [0.25, 0.3) is 11.0 Å². The first kappa shape index (κ1) is 15.6. The van der Waals surface area contributed by atoms with Crippen molar-refractivity contribution in [1.82, 2.24) is 34.5 Å². The first-order valence-corrected chi connectivity index (χ1v) is 8.49. The lowest BCUT2D eigenvalue weighted by atomic mass is 10.1. The van der Waals surface area contributed by atoms with Crippen LogP contribution in [0, 0.1) is 0 Å². The summed E-state index contributed by atoms with van der Waals surface area (Å²) in [6, 6.07) is 8.32. The lowest BCUT2D eigenvalue weighted by Gasteiger charge is -2.32. The summed E-state index contributed by atoms with van der Waals surface area (Å²) in [5.41, 5.74) is 2.02. The van der Waals surface area contributed by atoms with Gasteiger partial charge in [0.1, 0.15) is 18.5 Å². The number of para-hydroxylation sites is 2. The maximum atomic E-state index is 12.4. The van der Waals surface area contributed by atoms with Gasteiger partial charge in [0.05, 0.1) is 17.6 Å². The summed E-state index contributed by atoms with van der Waals surface area (Å²) in [6.45, 7) is 1.89. The molecule has 130 valence electrons. The topological polar surface area (TPSA) is 80.9 Å². The van der Waals surface area contributed by atoms with Gasteiger partial charge in [0.25, 0.3) is 0 Å². The van der Waals surface area contributed by atoms with Gasteiger partial charge in [0.2, 0.25) is 0 Å². The van der Waals surface area contributed by atoms with E-state index >= 15 is 0 Å². The van der Waals surface area contributed by atoms with Gasteiger partial charge in [-0.15, -0.1) is 10.2 Å². The molecule has 2 amide bonds. The third kappa shape index (κ3) is 3.07. The Kier molecular flexibility index (Phi) is 4.09. The molecule has 1 aliphatic heterocycles. The van der Waals surface area contributed by atoms with Gasteiger partial charge in [-0.05, 0) is 25.0 Å². The van der Waals surface area contributed by atoms with Crippen molar-refractivity contribution in [1.29, 1.82) is 0 Å². The molecule has 1 fully saturated rings. The van der Waals surface area contributed by atoms with Crippen molar-refractivity contribution < 1.29 is 4.79 Å². The molecule has 25 heavy (non-hydrogen) atoms. The molecule has 0 atom stereocenters. The van der Waals surface area contributed by atoms with Crippen LogP contribution in [0.4, 0.5) is 4.79 Å². The molecule has 1 aliphatic rings. The Hall–Kier alpha value is -2.90. The molecule has 8 heteroatoms. The Bertz CT molecular complexity index is 862. The van der Waals surface area contributed by atoms with Crippen molar-refractivity contribution in [3.05, 3.63) is 42.7 Å². The summed E-state index contributed by atoms with van der Waals surface area (Å²) in [5.74, 6) is 0.855. The number of hydrogen-bond donors (Lipinski definition) is 1. The number of aromatic nitrogens is 5. The van der Waals surface area contributed by atoms with Crippen molar-refractivity contribution in [3.63, 3.8) is 0 Å². The highest BCUT2D eigenvalue weighted by molar-refractivity contribution is 5.76. The average molecular weight is 339 g/mol. The highest BCUT2D eigenvalue weighted by Crippen LogP contribution is 2.21. The summed E-state index contributed by atoms with van der Waals surface area (Å²) >= 11 is 0. The van der Waals surface area contributed by atoms with Crippen LogP contribution in [0.15, 0.2) is 36.9 Å². The van der Waals surface area contributed by atoms with Crippen LogP contribution in [0.2, 0.25) is 0 Å². The Balaban J connectivity index is 1.34. The second-order valence-corrected chi connectivity index (χ2v) is 6.36. The van der Waals surface area contributed by atoms with E-state index < -0.39 is 0 Å². The number of rotatable bonds is 3. The molecule has 2 aromatic heterocycles. The number of nitrogens with zero attached hydrogens (tertiary/aromatic N) is 6. The predicted octanol–water partition coefficient (Wildman–Crippen LogP) is 1.71. The van der Waals surface area contributed by atoms with E-state index in [0.717, 1.165) is 42.8 Å². The van der Waals surface area contributed by atoms with Crippen LogP contribution in [-0.4, -0.2) is 48.3 Å². The number of aryl methyl sites for hydroxylation is 1. The fourth-order valence-electron chi connectivity index (χ4n) is 3.38. The number of piperidine rings is 1. The van der Waals surface area contributed by atoms with Crippen LogP contribution in [0.5, 0.6) is 0 Å². The minimum atomic E-state index is -0.0331. The van der Waals surface area contributed by atoms with Crippen LogP contribution < -0.4 is 5.32 Å². The molecule has 8 nitrogen and oxygen atoms in total. The molecule has 4 rings (SSSR count). The molecule has 1 saturated heterocycles. The van der Waals surface area contributed by atoms with Crippen LogP contribution in [-0.2, 0) is 13.6 Å². The summed E-state index contributed by atoms with van der Waals surface area (Å²) < 4.78 is 4.04. The van der Waals surface area contributed by atoms with Crippen LogP contribution in [0.1, 0.15) is 24.7 Å². The van der Waals surface area contributed by atoms with Gasteiger partial charge in [-0.3, -0.25) is 0 Å². The third-order valence-electron chi connectivity index (χ3n) is 4.89. The number of nitrogens with one attached hydrogen (secondary N) is 1. The monoisotopic (exact) mass is 339 g/mol. The number of likely N-dealkylation sites (tertiary alicyclic amines) is 1. The largest absolute Gasteiger partial charge is 0.331 e. The maximum Gasteiger partial charge on any atom is 0.317 e. The van der Waals surface area contributed by atoms with E-state index in [1.54, 1.807) is 12.7 Å². The number of amides is 2. The molecule has 0 unspecified atom stereocenters. The molecule has 3 aromatic rings.